The Morgan fingerprint density at radius 2 is 1.77 bits per heavy atom. The molecule has 0 unspecified atom stereocenters. The molecule has 0 bridgehead atoms. The predicted octanol–water partition coefficient (Wildman–Crippen LogP) is 2.08. The molecular formula is C10H15BrN2. The smallest absolute Gasteiger partial charge is 0.0340 e. The molecule has 3 heteroatoms. The summed E-state index contributed by atoms with van der Waals surface area (Å²) in [5.74, 6) is 0. The normalized spacial score (nSPS) is 9.92. The third-order valence-corrected chi connectivity index (χ3v) is 2.07. The lowest BCUT2D eigenvalue weighted by atomic mass is 10.3. The molecule has 13 heavy (non-hydrogen) atoms. The lowest BCUT2D eigenvalue weighted by Crippen LogP contribution is -2.23. The van der Waals surface area contributed by atoms with Crippen LogP contribution in [0, 0.1) is 0 Å². The maximum Gasteiger partial charge on any atom is 0.0340 e. The highest BCUT2D eigenvalue weighted by molar-refractivity contribution is 9.09. The van der Waals surface area contributed by atoms with E-state index in [0.717, 1.165) is 25.0 Å². The molecule has 0 atom stereocenters. The first-order chi connectivity index (χ1) is 6.43. The molecule has 0 aliphatic carbocycles. The van der Waals surface area contributed by atoms with E-state index < -0.39 is 0 Å². The van der Waals surface area contributed by atoms with E-state index in [-0.39, 0.29) is 0 Å². The van der Waals surface area contributed by atoms with Crippen LogP contribution in [-0.2, 0) is 0 Å². The van der Waals surface area contributed by atoms with Crippen molar-refractivity contribution in [3.8, 4) is 0 Å². The Bertz CT molecular complexity index is 213. The van der Waals surface area contributed by atoms with Gasteiger partial charge in [-0.25, -0.2) is 0 Å². The SMILES string of the molecule is BrCCNCCNc1ccccc1. The van der Waals surface area contributed by atoms with Gasteiger partial charge in [0.1, 0.15) is 0 Å². The predicted molar refractivity (Wildman–Crippen MR) is 61.6 cm³/mol. The van der Waals surface area contributed by atoms with E-state index in [1.54, 1.807) is 0 Å². The average Bonchev–Trinajstić information content (AvgIpc) is 2.19. The Hall–Kier alpha value is -0.540. The summed E-state index contributed by atoms with van der Waals surface area (Å²) in [7, 11) is 0. The summed E-state index contributed by atoms with van der Waals surface area (Å²) >= 11 is 3.36. The van der Waals surface area contributed by atoms with Crippen LogP contribution < -0.4 is 10.6 Å². The van der Waals surface area contributed by atoms with Gasteiger partial charge in [0.2, 0.25) is 0 Å². The van der Waals surface area contributed by atoms with Crippen LogP contribution >= 0.6 is 15.9 Å². The number of para-hydroxylation sites is 1. The summed E-state index contributed by atoms with van der Waals surface area (Å²) < 4.78 is 0. The highest BCUT2D eigenvalue weighted by atomic mass is 79.9. The number of anilines is 1. The van der Waals surface area contributed by atoms with E-state index in [2.05, 4.69) is 38.7 Å². The number of hydrogen-bond acceptors (Lipinski definition) is 2. The van der Waals surface area contributed by atoms with Gasteiger partial charge in [0.25, 0.3) is 0 Å². The standard InChI is InChI=1S/C10H15BrN2/c11-6-7-12-8-9-13-10-4-2-1-3-5-10/h1-5,12-13H,6-9H2. The van der Waals surface area contributed by atoms with Crippen molar-refractivity contribution >= 4 is 21.6 Å². The fourth-order valence-electron chi connectivity index (χ4n) is 1.04. The molecule has 0 fully saturated rings. The van der Waals surface area contributed by atoms with Gasteiger partial charge < -0.3 is 10.6 Å². The lowest BCUT2D eigenvalue weighted by Gasteiger charge is -2.06. The van der Waals surface area contributed by atoms with Crippen molar-refractivity contribution in [1.82, 2.24) is 5.32 Å². The van der Waals surface area contributed by atoms with Crippen molar-refractivity contribution in [1.29, 1.82) is 0 Å². The van der Waals surface area contributed by atoms with Gasteiger partial charge in [0.05, 0.1) is 0 Å². The van der Waals surface area contributed by atoms with Crippen molar-refractivity contribution in [2.24, 2.45) is 0 Å². The molecule has 2 nitrogen and oxygen atoms in total. The minimum Gasteiger partial charge on any atom is -0.384 e. The lowest BCUT2D eigenvalue weighted by molar-refractivity contribution is 0.746. The molecule has 0 radical (unpaired) electrons. The molecule has 1 rings (SSSR count). The van der Waals surface area contributed by atoms with Crippen LogP contribution in [0.15, 0.2) is 30.3 Å². The zero-order valence-electron chi connectivity index (χ0n) is 7.59. The fraction of sp³-hybridized carbons (Fsp3) is 0.400. The van der Waals surface area contributed by atoms with Gasteiger partial charge in [-0.15, -0.1) is 0 Å². The quantitative estimate of drug-likeness (QED) is 0.590. The molecule has 0 aliphatic rings. The summed E-state index contributed by atoms with van der Waals surface area (Å²) in [6.07, 6.45) is 0. The molecule has 0 saturated carbocycles. The summed E-state index contributed by atoms with van der Waals surface area (Å²) in [6, 6.07) is 10.2. The Morgan fingerprint density at radius 3 is 2.46 bits per heavy atom. The first-order valence-electron chi connectivity index (χ1n) is 4.49. The van der Waals surface area contributed by atoms with Crippen LogP contribution in [0.3, 0.4) is 0 Å². The Morgan fingerprint density at radius 1 is 1.00 bits per heavy atom. The highest BCUT2D eigenvalue weighted by Gasteiger charge is 1.88. The molecule has 0 saturated heterocycles. The summed E-state index contributed by atoms with van der Waals surface area (Å²) in [5, 5.41) is 7.63. The fourth-order valence-corrected chi connectivity index (χ4v) is 1.32. The average molecular weight is 243 g/mol. The van der Waals surface area contributed by atoms with Crippen molar-refractivity contribution in [3.63, 3.8) is 0 Å². The molecule has 2 N–H and O–H groups in total. The summed E-state index contributed by atoms with van der Waals surface area (Å²) in [4.78, 5) is 0. The molecule has 1 aromatic rings. The van der Waals surface area contributed by atoms with E-state index in [9.17, 15) is 0 Å². The second-order valence-corrected chi connectivity index (χ2v) is 3.52. The maximum atomic E-state index is 3.36. The summed E-state index contributed by atoms with van der Waals surface area (Å²) in [5.41, 5.74) is 1.18. The van der Waals surface area contributed by atoms with Gasteiger partial charge in [0.15, 0.2) is 0 Å². The number of rotatable bonds is 6. The third-order valence-electron chi connectivity index (χ3n) is 1.68. The van der Waals surface area contributed by atoms with Crippen molar-refractivity contribution in [2.75, 3.05) is 30.3 Å². The zero-order chi connectivity index (χ0) is 9.36. The first-order valence-corrected chi connectivity index (χ1v) is 5.61. The highest BCUT2D eigenvalue weighted by Crippen LogP contribution is 2.03. The zero-order valence-corrected chi connectivity index (χ0v) is 9.18. The van der Waals surface area contributed by atoms with Gasteiger partial charge in [-0.2, -0.15) is 0 Å². The number of hydrogen-bond donors (Lipinski definition) is 2. The van der Waals surface area contributed by atoms with Crippen LogP contribution in [0.25, 0.3) is 0 Å². The van der Waals surface area contributed by atoms with E-state index >= 15 is 0 Å². The molecule has 0 amide bonds. The second kappa shape index (κ2) is 6.92. The van der Waals surface area contributed by atoms with E-state index in [4.69, 9.17) is 0 Å². The van der Waals surface area contributed by atoms with E-state index in [1.165, 1.54) is 5.69 Å². The van der Waals surface area contributed by atoms with Crippen LogP contribution in [0.5, 0.6) is 0 Å². The van der Waals surface area contributed by atoms with Crippen LogP contribution in [0.4, 0.5) is 5.69 Å². The number of halogens is 1. The monoisotopic (exact) mass is 242 g/mol. The first kappa shape index (κ1) is 10.5. The molecule has 0 heterocycles. The Labute approximate surface area is 87.9 Å². The van der Waals surface area contributed by atoms with E-state index in [0.29, 0.717) is 0 Å². The molecule has 0 aromatic heterocycles. The molecule has 0 spiro atoms. The Kier molecular flexibility index (Phi) is 5.61. The number of benzene rings is 1. The van der Waals surface area contributed by atoms with E-state index in [1.807, 2.05) is 18.2 Å². The molecule has 1 aromatic carbocycles. The van der Waals surface area contributed by atoms with Crippen LogP contribution in [0.2, 0.25) is 0 Å². The largest absolute Gasteiger partial charge is 0.384 e. The van der Waals surface area contributed by atoms with Crippen molar-refractivity contribution in [2.45, 2.75) is 0 Å². The summed E-state index contributed by atoms with van der Waals surface area (Å²) in [6.45, 7) is 2.99. The minimum atomic E-state index is 0.969. The topological polar surface area (TPSA) is 24.1 Å². The van der Waals surface area contributed by atoms with Gasteiger partial charge >= 0.3 is 0 Å². The van der Waals surface area contributed by atoms with Crippen molar-refractivity contribution in [3.05, 3.63) is 30.3 Å². The number of nitrogens with one attached hydrogen (secondary N) is 2. The third kappa shape index (κ3) is 4.90. The Balaban J connectivity index is 2.07. The number of alkyl halides is 1. The minimum absolute atomic E-state index is 0.969. The van der Waals surface area contributed by atoms with Gasteiger partial charge in [-0.3, -0.25) is 0 Å². The van der Waals surface area contributed by atoms with Gasteiger partial charge in [-0.05, 0) is 12.1 Å². The second-order valence-electron chi connectivity index (χ2n) is 2.73. The maximum absolute atomic E-state index is 3.36. The van der Waals surface area contributed by atoms with Gasteiger partial charge in [0, 0.05) is 30.7 Å². The molecule has 0 aliphatic heterocycles. The molecule has 72 valence electrons. The van der Waals surface area contributed by atoms with Gasteiger partial charge in [-0.1, -0.05) is 34.1 Å². The van der Waals surface area contributed by atoms with Crippen molar-refractivity contribution < 1.29 is 0 Å². The molecular weight excluding hydrogens is 228 g/mol. The van der Waals surface area contributed by atoms with Crippen LogP contribution in [-0.4, -0.2) is 25.0 Å². The van der Waals surface area contributed by atoms with Crippen LogP contribution in [0.1, 0.15) is 0 Å².